The van der Waals surface area contributed by atoms with E-state index in [4.69, 9.17) is 0 Å². The van der Waals surface area contributed by atoms with Crippen molar-refractivity contribution in [2.75, 3.05) is 0 Å². The molecule has 2 fully saturated rings. The molecule has 0 bridgehead atoms. The molecular weight excluding hydrogens is 288 g/mol. The summed E-state index contributed by atoms with van der Waals surface area (Å²) in [5.41, 5.74) is 1.42. The normalized spacial score (nSPS) is 23.1. The molecule has 1 aromatic carbocycles. The van der Waals surface area contributed by atoms with Crippen LogP contribution in [0, 0.1) is 6.92 Å². The molecule has 1 aliphatic heterocycles. The van der Waals surface area contributed by atoms with Crippen LogP contribution in [0.15, 0.2) is 24.3 Å². The lowest BCUT2D eigenvalue weighted by Gasteiger charge is -2.51. The molecule has 1 atom stereocenters. The number of carbonyl (C=O) groups is 2. The lowest BCUT2D eigenvalue weighted by molar-refractivity contribution is -0.133. The number of hydrogen-bond acceptors (Lipinski definition) is 2. The molecular formula is C19H26N2O2. The van der Waals surface area contributed by atoms with Gasteiger partial charge in [-0.1, -0.05) is 29.8 Å². The second-order valence-corrected chi connectivity index (χ2v) is 7.61. The van der Waals surface area contributed by atoms with Crippen molar-refractivity contribution < 1.29 is 9.59 Å². The van der Waals surface area contributed by atoms with Crippen molar-refractivity contribution >= 4 is 11.8 Å². The lowest BCUT2D eigenvalue weighted by Crippen LogP contribution is -2.69. The molecule has 1 unspecified atom stereocenters. The highest BCUT2D eigenvalue weighted by molar-refractivity contribution is 5.88. The summed E-state index contributed by atoms with van der Waals surface area (Å²) >= 11 is 0. The van der Waals surface area contributed by atoms with Crippen LogP contribution in [0.5, 0.6) is 0 Å². The number of piperidine rings is 1. The van der Waals surface area contributed by atoms with Crippen LogP contribution in [0.4, 0.5) is 0 Å². The molecule has 23 heavy (non-hydrogen) atoms. The Kier molecular flexibility index (Phi) is 3.95. The maximum absolute atomic E-state index is 12.9. The Morgan fingerprint density at radius 2 is 1.91 bits per heavy atom. The van der Waals surface area contributed by atoms with Gasteiger partial charge in [0, 0.05) is 6.42 Å². The minimum absolute atomic E-state index is 0.0359. The second kappa shape index (κ2) is 5.66. The molecule has 4 heteroatoms. The first-order chi connectivity index (χ1) is 10.8. The summed E-state index contributed by atoms with van der Waals surface area (Å²) in [4.78, 5) is 24.6. The zero-order valence-electron chi connectivity index (χ0n) is 14.2. The average Bonchev–Trinajstić information content (AvgIpc) is 2.47. The van der Waals surface area contributed by atoms with Gasteiger partial charge in [0.1, 0.15) is 0 Å². The molecule has 2 aliphatic rings. The average molecular weight is 314 g/mol. The van der Waals surface area contributed by atoms with E-state index in [1.54, 1.807) is 0 Å². The van der Waals surface area contributed by atoms with E-state index in [0.29, 0.717) is 6.42 Å². The molecule has 1 spiro atoms. The van der Waals surface area contributed by atoms with E-state index in [2.05, 4.69) is 10.6 Å². The Morgan fingerprint density at radius 1 is 1.26 bits per heavy atom. The smallest absolute Gasteiger partial charge is 0.230 e. The van der Waals surface area contributed by atoms with Crippen LogP contribution in [0.25, 0.3) is 0 Å². The predicted molar refractivity (Wildman–Crippen MR) is 90.1 cm³/mol. The van der Waals surface area contributed by atoms with Gasteiger partial charge in [0.15, 0.2) is 0 Å². The summed E-state index contributed by atoms with van der Waals surface area (Å²) in [5, 5.41) is 6.36. The van der Waals surface area contributed by atoms with Crippen LogP contribution >= 0.6 is 0 Å². The van der Waals surface area contributed by atoms with E-state index >= 15 is 0 Å². The lowest BCUT2D eigenvalue weighted by atomic mass is 9.68. The van der Waals surface area contributed by atoms with Gasteiger partial charge >= 0.3 is 0 Å². The van der Waals surface area contributed by atoms with Crippen LogP contribution in [0.2, 0.25) is 0 Å². The standard InChI is InChI=1S/C19H26N2O2/c1-13-5-7-14(8-6-13)18(2,3)17(23)20-15-9-10-16(22)21-19(15)11-4-12-19/h5-8,15H,4,9-12H2,1-3H3,(H,20,23)(H,21,22). The summed E-state index contributed by atoms with van der Waals surface area (Å²) in [5.74, 6) is 0.154. The van der Waals surface area contributed by atoms with Crippen LogP contribution in [-0.4, -0.2) is 23.4 Å². The van der Waals surface area contributed by atoms with Gasteiger partial charge in [-0.2, -0.15) is 0 Å². The first-order valence-corrected chi connectivity index (χ1v) is 8.53. The second-order valence-electron chi connectivity index (χ2n) is 7.61. The number of benzene rings is 1. The van der Waals surface area contributed by atoms with Crippen LogP contribution in [-0.2, 0) is 15.0 Å². The third-order valence-electron chi connectivity index (χ3n) is 5.61. The van der Waals surface area contributed by atoms with Gasteiger partial charge in [-0.15, -0.1) is 0 Å². The maximum atomic E-state index is 12.9. The highest BCUT2D eigenvalue weighted by Gasteiger charge is 2.49. The maximum Gasteiger partial charge on any atom is 0.230 e. The van der Waals surface area contributed by atoms with Crippen LogP contribution in [0.3, 0.4) is 0 Å². The minimum Gasteiger partial charge on any atom is -0.350 e. The number of carbonyl (C=O) groups excluding carboxylic acids is 2. The monoisotopic (exact) mass is 314 g/mol. The van der Waals surface area contributed by atoms with Crippen LogP contribution < -0.4 is 10.6 Å². The Bertz CT molecular complexity index is 615. The summed E-state index contributed by atoms with van der Waals surface area (Å²) in [6.45, 7) is 5.96. The summed E-state index contributed by atoms with van der Waals surface area (Å²) in [6.07, 6.45) is 4.29. The minimum atomic E-state index is -0.583. The largest absolute Gasteiger partial charge is 0.350 e. The van der Waals surface area contributed by atoms with E-state index in [0.717, 1.165) is 31.2 Å². The molecule has 4 nitrogen and oxygen atoms in total. The number of hydrogen-bond donors (Lipinski definition) is 2. The van der Waals surface area contributed by atoms with Crippen molar-refractivity contribution in [3.8, 4) is 0 Å². The van der Waals surface area contributed by atoms with Gasteiger partial charge in [-0.25, -0.2) is 0 Å². The van der Waals surface area contributed by atoms with E-state index in [1.165, 1.54) is 5.56 Å². The predicted octanol–water partition coefficient (Wildman–Crippen LogP) is 2.59. The number of rotatable bonds is 3. The molecule has 1 aromatic rings. The number of amides is 2. The summed E-state index contributed by atoms with van der Waals surface area (Å²) < 4.78 is 0. The SMILES string of the molecule is Cc1ccc(C(C)(C)C(=O)NC2CCC(=O)NC23CCC3)cc1. The van der Waals surface area contributed by atoms with E-state index in [-0.39, 0.29) is 23.4 Å². The van der Waals surface area contributed by atoms with Gasteiger partial charge < -0.3 is 10.6 Å². The van der Waals surface area contributed by atoms with Crippen molar-refractivity contribution in [2.45, 2.75) is 69.9 Å². The van der Waals surface area contributed by atoms with Gasteiger partial charge in [-0.05, 0) is 52.0 Å². The Morgan fingerprint density at radius 3 is 2.48 bits per heavy atom. The van der Waals surface area contributed by atoms with Crippen molar-refractivity contribution in [3.05, 3.63) is 35.4 Å². The summed E-state index contributed by atoms with van der Waals surface area (Å²) in [6, 6.07) is 8.18. The molecule has 0 radical (unpaired) electrons. The fourth-order valence-corrected chi connectivity index (χ4v) is 3.66. The molecule has 2 N–H and O–H groups in total. The summed E-state index contributed by atoms with van der Waals surface area (Å²) in [7, 11) is 0. The van der Waals surface area contributed by atoms with E-state index < -0.39 is 5.41 Å². The van der Waals surface area contributed by atoms with Crippen molar-refractivity contribution in [1.29, 1.82) is 0 Å². The molecule has 0 aromatic heterocycles. The van der Waals surface area contributed by atoms with Crippen molar-refractivity contribution in [1.82, 2.24) is 10.6 Å². The molecule has 1 aliphatic carbocycles. The molecule has 1 heterocycles. The Balaban J connectivity index is 1.75. The van der Waals surface area contributed by atoms with E-state index in [1.807, 2.05) is 45.0 Å². The first-order valence-electron chi connectivity index (χ1n) is 8.53. The molecule has 2 amide bonds. The highest BCUT2D eigenvalue weighted by Crippen LogP contribution is 2.39. The van der Waals surface area contributed by atoms with Gasteiger partial charge in [0.05, 0.1) is 17.0 Å². The molecule has 3 rings (SSSR count). The van der Waals surface area contributed by atoms with Gasteiger partial charge in [0.25, 0.3) is 0 Å². The fraction of sp³-hybridized carbons (Fsp3) is 0.579. The topological polar surface area (TPSA) is 58.2 Å². The third kappa shape index (κ3) is 2.87. The van der Waals surface area contributed by atoms with Crippen LogP contribution in [0.1, 0.15) is 57.1 Å². The zero-order valence-corrected chi connectivity index (χ0v) is 14.2. The first kappa shape index (κ1) is 16.0. The Labute approximate surface area is 138 Å². The fourth-order valence-electron chi connectivity index (χ4n) is 3.66. The molecule has 124 valence electrons. The zero-order chi connectivity index (χ0) is 16.7. The Hall–Kier alpha value is -1.84. The van der Waals surface area contributed by atoms with Gasteiger partial charge in [-0.3, -0.25) is 9.59 Å². The van der Waals surface area contributed by atoms with Crippen molar-refractivity contribution in [2.24, 2.45) is 0 Å². The van der Waals surface area contributed by atoms with Crippen molar-refractivity contribution in [3.63, 3.8) is 0 Å². The number of aryl methyl sites for hydroxylation is 1. The van der Waals surface area contributed by atoms with E-state index in [9.17, 15) is 9.59 Å². The number of nitrogens with one attached hydrogen (secondary N) is 2. The van der Waals surface area contributed by atoms with Gasteiger partial charge in [0.2, 0.25) is 11.8 Å². The molecule has 1 saturated heterocycles. The molecule has 1 saturated carbocycles. The highest BCUT2D eigenvalue weighted by atomic mass is 16.2. The third-order valence-corrected chi connectivity index (χ3v) is 5.61. The quantitative estimate of drug-likeness (QED) is 0.901.